The van der Waals surface area contributed by atoms with Crippen molar-refractivity contribution >= 4 is 17.6 Å². The van der Waals surface area contributed by atoms with Crippen molar-refractivity contribution in [2.75, 3.05) is 6.54 Å². The minimum Gasteiger partial charge on any atom is -0.481 e. The van der Waals surface area contributed by atoms with Gasteiger partial charge in [0.2, 0.25) is 0 Å². The molecule has 0 bridgehead atoms. The van der Waals surface area contributed by atoms with Gasteiger partial charge in [0, 0.05) is 24.0 Å². The van der Waals surface area contributed by atoms with Crippen LogP contribution in [0.15, 0.2) is 24.3 Å². The number of halogens is 1. The van der Waals surface area contributed by atoms with E-state index in [2.05, 4.69) is 17.0 Å². The van der Waals surface area contributed by atoms with Gasteiger partial charge in [-0.2, -0.15) is 0 Å². The van der Waals surface area contributed by atoms with E-state index < -0.39 is 5.97 Å². The van der Waals surface area contributed by atoms with E-state index in [0.717, 1.165) is 31.0 Å². The van der Waals surface area contributed by atoms with Crippen molar-refractivity contribution in [3.05, 3.63) is 34.9 Å². The molecule has 1 aromatic carbocycles. The largest absolute Gasteiger partial charge is 0.481 e. The summed E-state index contributed by atoms with van der Waals surface area (Å²) in [5, 5.41) is 9.40. The summed E-state index contributed by atoms with van der Waals surface area (Å²) in [6.07, 6.45) is 4.54. The summed E-state index contributed by atoms with van der Waals surface area (Å²) in [6, 6.07) is 8.67. The van der Waals surface area contributed by atoms with Crippen LogP contribution in [0.3, 0.4) is 0 Å². The molecule has 1 fully saturated rings. The SMILES string of the molecule is O=C(O)CCCCN(Cc1ccc(Cl)cc1)C1CC1. The van der Waals surface area contributed by atoms with Gasteiger partial charge in [-0.25, -0.2) is 0 Å². The molecule has 0 atom stereocenters. The van der Waals surface area contributed by atoms with Crippen molar-refractivity contribution in [1.82, 2.24) is 4.90 Å². The van der Waals surface area contributed by atoms with Crippen LogP contribution in [0.2, 0.25) is 5.02 Å². The number of carboxylic acid groups (broad SMARTS) is 1. The number of unbranched alkanes of at least 4 members (excludes halogenated alkanes) is 1. The van der Waals surface area contributed by atoms with Gasteiger partial charge in [-0.3, -0.25) is 9.69 Å². The van der Waals surface area contributed by atoms with Crippen LogP contribution in [0.5, 0.6) is 0 Å². The fourth-order valence-electron chi connectivity index (χ4n) is 2.25. The highest BCUT2D eigenvalue weighted by Crippen LogP contribution is 2.28. The molecule has 1 aliphatic rings. The first-order chi connectivity index (χ1) is 9.15. The van der Waals surface area contributed by atoms with E-state index >= 15 is 0 Å². The molecule has 0 amide bonds. The zero-order valence-corrected chi connectivity index (χ0v) is 11.8. The Morgan fingerprint density at radius 2 is 1.95 bits per heavy atom. The smallest absolute Gasteiger partial charge is 0.303 e. The normalized spacial score (nSPS) is 14.8. The maximum absolute atomic E-state index is 10.5. The number of benzene rings is 1. The van der Waals surface area contributed by atoms with E-state index in [0.29, 0.717) is 6.04 Å². The van der Waals surface area contributed by atoms with Crippen molar-refractivity contribution in [3.63, 3.8) is 0 Å². The van der Waals surface area contributed by atoms with E-state index in [-0.39, 0.29) is 6.42 Å². The second-order valence-electron chi connectivity index (χ2n) is 5.18. The zero-order chi connectivity index (χ0) is 13.7. The zero-order valence-electron chi connectivity index (χ0n) is 11.0. The molecule has 0 aromatic heterocycles. The highest BCUT2D eigenvalue weighted by Gasteiger charge is 2.28. The van der Waals surface area contributed by atoms with Crippen LogP contribution in [0, 0.1) is 0 Å². The third-order valence-corrected chi connectivity index (χ3v) is 3.70. The van der Waals surface area contributed by atoms with Gasteiger partial charge in [0.1, 0.15) is 0 Å². The summed E-state index contributed by atoms with van der Waals surface area (Å²) in [7, 11) is 0. The summed E-state index contributed by atoms with van der Waals surface area (Å²) in [5.41, 5.74) is 1.27. The van der Waals surface area contributed by atoms with E-state index in [4.69, 9.17) is 16.7 Å². The Morgan fingerprint density at radius 3 is 2.53 bits per heavy atom. The molecule has 0 spiro atoms. The van der Waals surface area contributed by atoms with Gasteiger partial charge in [-0.05, 0) is 49.9 Å². The van der Waals surface area contributed by atoms with Gasteiger partial charge in [0.25, 0.3) is 0 Å². The van der Waals surface area contributed by atoms with Gasteiger partial charge >= 0.3 is 5.97 Å². The third kappa shape index (κ3) is 5.21. The van der Waals surface area contributed by atoms with Crippen LogP contribution in [0.4, 0.5) is 0 Å². The molecule has 0 aliphatic heterocycles. The number of aliphatic carboxylic acids is 1. The highest BCUT2D eigenvalue weighted by molar-refractivity contribution is 6.30. The molecule has 104 valence electrons. The molecule has 19 heavy (non-hydrogen) atoms. The lowest BCUT2D eigenvalue weighted by atomic mass is 10.2. The van der Waals surface area contributed by atoms with E-state index in [1.54, 1.807) is 0 Å². The predicted octanol–water partition coefficient (Wildman–Crippen LogP) is 3.56. The molecule has 1 aliphatic carbocycles. The van der Waals surface area contributed by atoms with Crippen LogP contribution >= 0.6 is 11.6 Å². The van der Waals surface area contributed by atoms with E-state index in [9.17, 15) is 4.79 Å². The number of hydrogen-bond acceptors (Lipinski definition) is 2. The standard InChI is InChI=1S/C15H20ClNO2/c16-13-6-4-12(5-7-13)11-17(14-8-9-14)10-2-1-3-15(18)19/h4-7,14H,1-3,8-11H2,(H,18,19). The van der Waals surface area contributed by atoms with Crippen LogP contribution in [0.25, 0.3) is 0 Å². The molecule has 0 radical (unpaired) electrons. The fraction of sp³-hybridized carbons (Fsp3) is 0.533. The van der Waals surface area contributed by atoms with Crippen molar-refractivity contribution in [3.8, 4) is 0 Å². The average Bonchev–Trinajstić information content (AvgIpc) is 3.19. The lowest BCUT2D eigenvalue weighted by Gasteiger charge is -2.22. The Morgan fingerprint density at radius 1 is 1.26 bits per heavy atom. The Labute approximate surface area is 119 Å². The summed E-state index contributed by atoms with van der Waals surface area (Å²) in [5.74, 6) is -0.698. The van der Waals surface area contributed by atoms with Gasteiger partial charge < -0.3 is 5.11 Å². The van der Waals surface area contributed by atoms with E-state index in [1.165, 1.54) is 18.4 Å². The lowest BCUT2D eigenvalue weighted by molar-refractivity contribution is -0.137. The van der Waals surface area contributed by atoms with Gasteiger partial charge in [-0.15, -0.1) is 0 Å². The Balaban J connectivity index is 1.79. The minimum absolute atomic E-state index is 0.277. The maximum atomic E-state index is 10.5. The topological polar surface area (TPSA) is 40.5 Å². The Bertz CT molecular complexity index is 415. The average molecular weight is 282 g/mol. The fourth-order valence-corrected chi connectivity index (χ4v) is 2.37. The van der Waals surface area contributed by atoms with Gasteiger partial charge in [-0.1, -0.05) is 23.7 Å². The van der Waals surface area contributed by atoms with Crippen molar-refractivity contribution in [2.24, 2.45) is 0 Å². The number of carbonyl (C=O) groups is 1. The Hall–Kier alpha value is -1.06. The number of carboxylic acids is 1. The van der Waals surface area contributed by atoms with Crippen molar-refractivity contribution in [1.29, 1.82) is 0 Å². The second kappa shape index (κ2) is 6.92. The van der Waals surface area contributed by atoms with E-state index in [1.807, 2.05) is 12.1 Å². The molecule has 1 N–H and O–H groups in total. The number of hydrogen-bond donors (Lipinski definition) is 1. The summed E-state index contributed by atoms with van der Waals surface area (Å²) in [4.78, 5) is 13.0. The summed E-state index contributed by atoms with van der Waals surface area (Å²) >= 11 is 5.89. The molecule has 0 unspecified atom stereocenters. The number of nitrogens with zero attached hydrogens (tertiary/aromatic N) is 1. The third-order valence-electron chi connectivity index (χ3n) is 3.45. The van der Waals surface area contributed by atoms with Crippen LogP contribution in [-0.4, -0.2) is 28.6 Å². The van der Waals surface area contributed by atoms with Crippen LogP contribution < -0.4 is 0 Å². The molecule has 0 saturated heterocycles. The summed E-state index contributed by atoms with van der Waals surface area (Å²) in [6.45, 7) is 1.93. The first-order valence-corrected chi connectivity index (χ1v) is 7.23. The highest BCUT2D eigenvalue weighted by atomic mass is 35.5. The molecule has 1 saturated carbocycles. The molecule has 2 rings (SSSR count). The van der Waals surface area contributed by atoms with Crippen LogP contribution in [-0.2, 0) is 11.3 Å². The Kier molecular flexibility index (Phi) is 5.23. The first-order valence-electron chi connectivity index (χ1n) is 6.85. The predicted molar refractivity (Wildman–Crippen MR) is 76.4 cm³/mol. The van der Waals surface area contributed by atoms with Crippen molar-refractivity contribution < 1.29 is 9.90 Å². The molecule has 1 aromatic rings. The van der Waals surface area contributed by atoms with Gasteiger partial charge in [0.15, 0.2) is 0 Å². The summed E-state index contributed by atoms with van der Waals surface area (Å²) < 4.78 is 0. The molecule has 0 heterocycles. The van der Waals surface area contributed by atoms with Crippen molar-refractivity contribution in [2.45, 2.75) is 44.7 Å². The first kappa shape index (κ1) is 14.4. The van der Waals surface area contributed by atoms with Crippen LogP contribution in [0.1, 0.15) is 37.7 Å². The minimum atomic E-state index is -0.698. The quantitative estimate of drug-likeness (QED) is 0.741. The molecule has 3 nitrogen and oxygen atoms in total. The second-order valence-corrected chi connectivity index (χ2v) is 5.62. The monoisotopic (exact) mass is 281 g/mol. The van der Waals surface area contributed by atoms with Gasteiger partial charge in [0.05, 0.1) is 0 Å². The lowest BCUT2D eigenvalue weighted by Crippen LogP contribution is -2.26. The molecular formula is C15H20ClNO2. The molecule has 4 heteroatoms. The molecular weight excluding hydrogens is 262 g/mol. The number of rotatable bonds is 8. The maximum Gasteiger partial charge on any atom is 0.303 e.